The third kappa shape index (κ3) is 3.50. The van der Waals surface area contributed by atoms with E-state index in [2.05, 4.69) is 55.5 Å². The van der Waals surface area contributed by atoms with E-state index < -0.39 is 0 Å². The molecule has 0 aliphatic carbocycles. The normalized spacial score (nSPS) is 13.6. The van der Waals surface area contributed by atoms with Crippen LogP contribution in [0.2, 0.25) is 0 Å². The lowest BCUT2D eigenvalue weighted by atomic mass is 9.95. The number of hydrogen-bond donors (Lipinski definition) is 0. The van der Waals surface area contributed by atoms with Crippen LogP contribution in [0.3, 0.4) is 0 Å². The number of hydrogen-bond acceptors (Lipinski definition) is 1. The van der Waals surface area contributed by atoms with E-state index in [9.17, 15) is 4.39 Å². The highest BCUT2D eigenvalue weighted by Crippen LogP contribution is 2.39. The number of benzene rings is 1. The Morgan fingerprint density at radius 2 is 1.89 bits per heavy atom. The predicted octanol–water partition coefficient (Wildman–Crippen LogP) is 6.12. The lowest BCUT2D eigenvalue weighted by Gasteiger charge is -2.16. The second-order valence-electron chi connectivity index (χ2n) is 5.48. The van der Waals surface area contributed by atoms with Gasteiger partial charge in [0.15, 0.2) is 0 Å². The molecule has 0 saturated carbocycles. The van der Waals surface area contributed by atoms with Crippen molar-refractivity contribution in [3.8, 4) is 0 Å². The molecule has 0 N–H and O–H groups in total. The minimum Gasteiger partial charge on any atom is -0.207 e. The molecule has 19 heavy (non-hydrogen) atoms. The molecule has 0 bridgehead atoms. The Labute approximate surface area is 136 Å². The van der Waals surface area contributed by atoms with Gasteiger partial charge >= 0.3 is 0 Å². The van der Waals surface area contributed by atoms with Crippen molar-refractivity contribution in [2.45, 2.75) is 31.6 Å². The fourth-order valence-corrected chi connectivity index (χ4v) is 4.18. The molecule has 2 rings (SSSR count). The first-order valence-electron chi connectivity index (χ1n) is 5.98. The summed E-state index contributed by atoms with van der Waals surface area (Å²) in [6, 6.07) is 8.95. The minimum atomic E-state index is -0.224. The van der Waals surface area contributed by atoms with Crippen molar-refractivity contribution >= 4 is 45.5 Å². The van der Waals surface area contributed by atoms with Crippen LogP contribution in [0.4, 0.5) is 4.39 Å². The number of halogens is 3. The van der Waals surface area contributed by atoms with Gasteiger partial charge in [-0.15, -0.1) is 22.9 Å². The number of thiophene rings is 1. The van der Waals surface area contributed by atoms with Crippen LogP contribution in [-0.4, -0.2) is 0 Å². The summed E-state index contributed by atoms with van der Waals surface area (Å²) in [7, 11) is 0. The zero-order valence-corrected chi connectivity index (χ0v) is 14.7. The Bertz CT molecular complexity index is 586. The first-order chi connectivity index (χ1) is 8.79. The van der Waals surface area contributed by atoms with Crippen molar-refractivity contribution in [1.82, 2.24) is 0 Å². The molecule has 0 aliphatic rings. The molecule has 4 heteroatoms. The molecule has 0 spiro atoms. The summed E-state index contributed by atoms with van der Waals surface area (Å²) in [5.41, 5.74) is 1.10. The monoisotopic (exact) mass is 408 g/mol. The molecule has 102 valence electrons. The second kappa shape index (κ2) is 5.70. The average molecular weight is 409 g/mol. The molecular formula is C15H15ClFIS. The highest BCUT2D eigenvalue weighted by atomic mass is 127. The highest BCUT2D eigenvalue weighted by Gasteiger charge is 2.21. The van der Waals surface area contributed by atoms with E-state index in [1.165, 1.54) is 17.0 Å². The molecule has 0 nitrogen and oxygen atoms in total. The summed E-state index contributed by atoms with van der Waals surface area (Å²) < 4.78 is 14.0. The molecule has 0 amide bonds. The second-order valence-corrected chi connectivity index (χ2v) is 8.19. The molecule has 1 atom stereocenters. The van der Waals surface area contributed by atoms with Gasteiger partial charge in [0.25, 0.3) is 0 Å². The molecule has 0 fully saturated rings. The topological polar surface area (TPSA) is 0 Å². The molecule has 2 aromatic rings. The molecule has 0 aliphatic heterocycles. The lowest BCUT2D eigenvalue weighted by Crippen LogP contribution is -2.07. The van der Waals surface area contributed by atoms with Crippen LogP contribution in [0.5, 0.6) is 0 Å². The first kappa shape index (κ1) is 15.3. The van der Waals surface area contributed by atoms with E-state index >= 15 is 0 Å². The van der Waals surface area contributed by atoms with Crippen LogP contribution in [0.1, 0.15) is 41.5 Å². The van der Waals surface area contributed by atoms with Gasteiger partial charge < -0.3 is 0 Å². The van der Waals surface area contributed by atoms with E-state index in [1.807, 2.05) is 0 Å². The van der Waals surface area contributed by atoms with Crippen molar-refractivity contribution < 1.29 is 4.39 Å². The summed E-state index contributed by atoms with van der Waals surface area (Å²) in [6.45, 7) is 6.56. The van der Waals surface area contributed by atoms with Crippen molar-refractivity contribution in [2.75, 3.05) is 0 Å². The molecule has 0 saturated heterocycles. The van der Waals surface area contributed by atoms with Gasteiger partial charge in [0, 0.05) is 13.3 Å². The van der Waals surface area contributed by atoms with Gasteiger partial charge in [-0.25, -0.2) is 4.39 Å². The molecule has 1 heterocycles. The summed E-state index contributed by atoms with van der Waals surface area (Å²) in [6.07, 6.45) is 0. The molecule has 0 radical (unpaired) electrons. The van der Waals surface area contributed by atoms with Gasteiger partial charge in [0.05, 0.1) is 5.38 Å². The van der Waals surface area contributed by atoms with Gasteiger partial charge in [-0.05, 0) is 57.8 Å². The number of alkyl halides is 1. The van der Waals surface area contributed by atoms with Gasteiger partial charge in [0.2, 0.25) is 0 Å². The van der Waals surface area contributed by atoms with Crippen molar-refractivity contribution in [1.29, 1.82) is 0 Å². The summed E-state index contributed by atoms with van der Waals surface area (Å²) >= 11 is 10.4. The fourth-order valence-electron chi connectivity index (χ4n) is 1.75. The van der Waals surface area contributed by atoms with Crippen LogP contribution in [0.15, 0.2) is 30.3 Å². The number of rotatable bonds is 2. The van der Waals surface area contributed by atoms with Crippen LogP contribution in [0, 0.1) is 9.39 Å². The Hall–Kier alpha value is -0.130. The van der Waals surface area contributed by atoms with Gasteiger partial charge in [-0.2, -0.15) is 0 Å². The Morgan fingerprint density at radius 1 is 1.21 bits per heavy atom. The summed E-state index contributed by atoms with van der Waals surface area (Å²) in [5, 5.41) is -0.214. The first-order valence-corrected chi connectivity index (χ1v) is 8.31. The van der Waals surface area contributed by atoms with E-state index in [4.69, 9.17) is 11.6 Å². The quantitative estimate of drug-likeness (QED) is 0.415. The van der Waals surface area contributed by atoms with Gasteiger partial charge in [-0.3, -0.25) is 0 Å². The van der Waals surface area contributed by atoms with Crippen molar-refractivity contribution in [2.24, 2.45) is 0 Å². The van der Waals surface area contributed by atoms with Crippen LogP contribution in [0.25, 0.3) is 0 Å². The smallest absolute Gasteiger partial charge is 0.124 e. The largest absolute Gasteiger partial charge is 0.207 e. The zero-order chi connectivity index (χ0) is 14.2. The van der Waals surface area contributed by atoms with Crippen molar-refractivity contribution in [3.63, 3.8) is 0 Å². The summed E-state index contributed by atoms with van der Waals surface area (Å²) in [4.78, 5) is 2.42. The maximum Gasteiger partial charge on any atom is 0.124 e. The molecule has 1 unspecified atom stereocenters. The zero-order valence-electron chi connectivity index (χ0n) is 11.0. The van der Waals surface area contributed by atoms with E-state index in [0.717, 1.165) is 14.0 Å². The minimum absolute atomic E-state index is 0.134. The average Bonchev–Trinajstić information content (AvgIpc) is 2.76. The SMILES string of the molecule is CC(C)(C)c1ccc(C(Cl)c2ccc(F)cc2I)s1. The molecule has 1 aromatic carbocycles. The Morgan fingerprint density at radius 3 is 2.42 bits per heavy atom. The van der Waals surface area contributed by atoms with Crippen LogP contribution >= 0.6 is 45.5 Å². The maximum absolute atomic E-state index is 13.1. The van der Waals surface area contributed by atoms with E-state index in [0.29, 0.717) is 0 Å². The fraction of sp³-hybridized carbons (Fsp3) is 0.333. The van der Waals surface area contributed by atoms with Gasteiger partial charge in [0.1, 0.15) is 5.82 Å². The van der Waals surface area contributed by atoms with Gasteiger partial charge in [-0.1, -0.05) is 26.8 Å². The maximum atomic E-state index is 13.1. The Kier molecular flexibility index (Phi) is 4.58. The Balaban J connectivity index is 2.34. The highest BCUT2D eigenvalue weighted by molar-refractivity contribution is 14.1. The summed E-state index contributed by atoms with van der Waals surface area (Å²) in [5.74, 6) is -0.224. The third-order valence-corrected chi connectivity index (χ3v) is 5.96. The predicted molar refractivity (Wildman–Crippen MR) is 89.8 cm³/mol. The van der Waals surface area contributed by atoms with Crippen molar-refractivity contribution in [3.05, 3.63) is 55.0 Å². The van der Waals surface area contributed by atoms with E-state index in [-0.39, 0.29) is 16.6 Å². The standard InChI is InChI=1S/C15H15ClFIS/c1-15(2,3)13-7-6-12(19-13)14(16)10-5-4-9(17)8-11(10)18/h4-8,14H,1-3H3. The lowest BCUT2D eigenvalue weighted by molar-refractivity contribution is 0.604. The van der Waals surface area contributed by atoms with Crippen LogP contribution < -0.4 is 0 Å². The third-order valence-electron chi connectivity index (χ3n) is 2.85. The van der Waals surface area contributed by atoms with Crippen LogP contribution in [-0.2, 0) is 5.41 Å². The molecular weight excluding hydrogens is 394 g/mol. The molecule has 1 aromatic heterocycles. The van der Waals surface area contributed by atoms with E-state index in [1.54, 1.807) is 17.4 Å².